The van der Waals surface area contributed by atoms with Crippen molar-refractivity contribution >= 4 is 11.8 Å². The highest BCUT2D eigenvalue weighted by atomic mass is 19.1. The molecule has 0 N–H and O–H groups in total. The van der Waals surface area contributed by atoms with Crippen LogP contribution in [0.3, 0.4) is 0 Å². The van der Waals surface area contributed by atoms with E-state index >= 15 is 0 Å². The van der Waals surface area contributed by atoms with E-state index in [1.165, 1.54) is 12.1 Å². The van der Waals surface area contributed by atoms with Crippen molar-refractivity contribution in [3.8, 4) is 11.3 Å². The van der Waals surface area contributed by atoms with Crippen LogP contribution in [-0.2, 0) is 4.79 Å². The van der Waals surface area contributed by atoms with E-state index in [0.717, 1.165) is 32.2 Å². The first-order valence-electron chi connectivity index (χ1n) is 9.72. The molecule has 0 aliphatic carbocycles. The third-order valence-electron chi connectivity index (χ3n) is 6.14. The molecule has 2 saturated heterocycles. The molecule has 7 heteroatoms. The molecule has 6 nitrogen and oxygen atoms in total. The minimum Gasteiger partial charge on any atom is -0.350 e. The van der Waals surface area contributed by atoms with E-state index in [1.807, 2.05) is 9.80 Å². The zero-order valence-corrected chi connectivity index (χ0v) is 16.2. The summed E-state index contributed by atoms with van der Waals surface area (Å²) < 4.78 is 18.8. The van der Waals surface area contributed by atoms with Gasteiger partial charge in [-0.25, -0.2) is 4.39 Å². The summed E-state index contributed by atoms with van der Waals surface area (Å²) in [5.41, 5.74) is 0.562. The summed E-state index contributed by atoms with van der Waals surface area (Å²) >= 11 is 0. The molecule has 2 aliphatic heterocycles. The maximum atomic E-state index is 13.5. The van der Waals surface area contributed by atoms with Crippen molar-refractivity contribution in [2.24, 2.45) is 0 Å². The van der Waals surface area contributed by atoms with Crippen LogP contribution < -0.4 is 0 Å². The lowest BCUT2D eigenvalue weighted by Crippen LogP contribution is -2.68. The maximum absolute atomic E-state index is 13.5. The highest BCUT2D eigenvalue weighted by Crippen LogP contribution is 2.40. The van der Waals surface area contributed by atoms with Crippen LogP contribution in [0.4, 0.5) is 4.39 Å². The zero-order valence-electron chi connectivity index (χ0n) is 16.2. The monoisotopic (exact) mass is 385 g/mol. The number of fused-ring (bicyclic) bond motifs is 1. The molecule has 0 unspecified atom stereocenters. The van der Waals surface area contributed by atoms with E-state index in [9.17, 15) is 14.0 Å². The number of hydrogen-bond acceptors (Lipinski definition) is 4. The molecule has 2 atom stereocenters. The summed E-state index contributed by atoms with van der Waals surface area (Å²) in [7, 11) is 0. The van der Waals surface area contributed by atoms with Gasteiger partial charge in [0.1, 0.15) is 11.5 Å². The number of likely N-dealkylation sites (tertiary alicyclic amines) is 2. The quantitative estimate of drug-likeness (QED) is 0.794. The number of carbonyl (C=O) groups is 2. The van der Waals surface area contributed by atoms with Gasteiger partial charge in [0.25, 0.3) is 5.91 Å². The van der Waals surface area contributed by atoms with E-state index in [0.29, 0.717) is 17.8 Å². The van der Waals surface area contributed by atoms with Gasteiger partial charge >= 0.3 is 0 Å². The molecule has 0 radical (unpaired) electrons. The van der Waals surface area contributed by atoms with Crippen LogP contribution >= 0.6 is 0 Å². The lowest BCUT2D eigenvalue weighted by molar-refractivity contribution is -0.140. The molecular formula is C21H24FN3O3. The largest absolute Gasteiger partial charge is 0.350 e. The summed E-state index contributed by atoms with van der Waals surface area (Å²) in [5.74, 6) is -0.404. The van der Waals surface area contributed by atoms with Crippen LogP contribution in [0.2, 0.25) is 0 Å². The van der Waals surface area contributed by atoms with Crippen LogP contribution in [0.25, 0.3) is 11.3 Å². The normalized spacial score (nSPS) is 24.8. The first kappa shape index (κ1) is 18.7. The molecule has 2 amide bonds. The molecule has 2 fully saturated rings. The Kier molecular flexibility index (Phi) is 4.69. The highest BCUT2D eigenvalue weighted by Gasteiger charge is 2.50. The Morgan fingerprint density at radius 2 is 2.07 bits per heavy atom. The van der Waals surface area contributed by atoms with E-state index in [4.69, 9.17) is 4.52 Å². The van der Waals surface area contributed by atoms with Gasteiger partial charge in [-0.1, -0.05) is 17.3 Å². The van der Waals surface area contributed by atoms with Gasteiger partial charge in [-0.15, -0.1) is 0 Å². The Bertz CT molecular complexity index is 912. The number of piperidine rings is 2. The second kappa shape index (κ2) is 7.04. The second-order valence-electron chi connectivity index (χ2n) is 7.87. The van der Waals surface area contributed by atoms with Crippen molar-refractivity contribution in [3.63, 3.8) is 0 Å². The average Bonchev–Trinajstić information content (AvgIpc) is 3.16. The molecule has 0 saturated carbocycles. The van der Waals surface area contributed by atoms with E-state index in [-0.39, 0.29) is 29.4 Å². The van der Waals surface area contributed by atoms with Gasteiger partial charge in [-0.3, -0.25) is 9.59 Å². The van der Waals surface area contributed by atoms with Crippen LogP contribution in [-0.4, -0.2) is 51.4 Å². The number of aromatic nitrogens is 1. The molecule has 2 aliphatic rings. The molecule has 4 rings (SSSR count). The Hall–Kier alpha value is -2.70. The summed E-state index contributed by atoms with van der Waals surface area (Å²) in [4.78, 5) is 29.1. The number of carbonyl (C=O) groups excluding carboxylic acids is 2. The van der Waals surface area contributed by atoms with E-state index in [2.05, 4.69) is 12.1 Å². The third-order valence-corrected chi connectivity index (χ3v) is 6.14. The maximum Gasteiger partial charge on any atom is 0.293 e. The van der Waals surface area contributed by atoms with E-state index in [1.54, 1.807) is 25.1 Å². The Morgan fingerprint density at radius 1 is 1.25 bits per heavy atom. The molecule has 1 aromatic carbocycles. The van der Waals surface area contributed by atoms with Crippen molar-refractivity contribution < 1.29 is 18.5 Å². The zero-order chi connectivity index (χ0) is 19.9. The summed E-state index contributed by atoms with van der Waals surface area (Å²) in [6.07, 6.45) is 3.44. The van der Waals surface area contributed by atoms with Gasteiger partial charge < -0.3 is 14.3 Å². The number of halogens is 1. The second-order valence-corrected chi connectivity index (χ2v) is 7.87. The van der Waals surface area contributed by atoms with Crippen LogP contribution in [0.5, 0.6) is 0 Å². The predicted molar refractivity (Wildman–Crippen MR) is 101 cm³/mol. The molecule has 28 heavy (non-hydrogen) atoms. The van der Waals surface area contributed by atoms with Crippen LogP contribution in [0.15, 0.2) is 34.9 Å². The summed E-state index contributed by atoms with van der Waals surface area (Å²) in [5, 5.41) is 3.96. The van der Waals surface area contributed by atoms with E-state index < -0.39 is 5.54 Å². The molecule has 0 bridgehead atoms. The van der Waals surface area contributed by atoms with Crippen molar-refractivity contribution in [3.05, 3.63) is 41.9 Å². The SMILES string of the molecule is CC(=O)N1CCC[C@@]2(C)[C@H]1CCCN2C(=O)c1cc(-c2cccc(F)c2)no1. The fourth-order valence-corrected chi connectivity index (χ4v) is 4.75. The lowest BCUT2D eigenvalue weighted by atomic mass is 9.76. The Morgan fingerprint density at radius 3 is 2.82 bits per heavy atom. The lowest BCUT2D eigenvalue weighted by Gasteiger charge is -2.56. The van der Waals surface area contributed by atoms with Crippen molar-refractivity contribution in [2.45, 2.75) is 51.1 Å². The van der Waals surface area contributed by atoms with Gasteiger partial charge in [0.15, 0.2) is 0 Å². The summed E-state index contributed by atoms with van der Waals surface area (Å²) in [6.45, 7) is 5.01. The number of rotatable bonds is 2. The number of amides is 2. The van der Waals surface area contributed by atoms with Crippen molar-refractivity contribution in [2.75, 3.05) is 13.1 Å². The van der Waals surface area contributed by atoms with Crippen LogP contribution in [0, 0.1) is 5.82 Å². The molecule has 148 valence electrons. The predicted octanol–water partition coefficient (Wildman–Crippen LogP) is 3.49. The fourth-order valence-electron chi connectivity index (χ4n) is 4.75. The van der Waals surface area contributed by atoms with Crippen molar-refractivity contribution in [1.29, 1.82) is 0 Å². The first-order chi connectivity index (χ1) is 13.4. The van der Waals surface area contributed by atoms with Gasteiger partial charge in [-0.2, -0.15) is 0 Å². The highest BCUT2D eigenvalue weighted by molar-refractivity contribution is 5.93. The number of nitrogens with zero attached hydrogens (tertiary/aromatic N) is 3. The Balaban J connectivity index is 1.62. The Labute approximate surface area is 163 Å². The average molecular weight is 385 g/mol. The van der Waals surface area contributed by atoms with Crippen molar-refractivity contribution in [1.82, 2.24) is 15.0 Å². The topological polar surface area (TPSA) is 66.7 Å². The van der Waals surface area contributed by atoms with Gasteiger partial charge in [-0.05, 0) is 44.7 Å². The molecule has 3 heterocycles. The van der Waals surface area contributed by atoms with Gasteiger partial charge in [0.2, 0.25) is 11.7 Å². The first-order valence-corrected chi connectivity index (χ1v) is 9.72. The standard InChI is InChI=1S/C21H24FN3O3/c1-14(26)24-10-5-9-21(2)19(24)8-4-11-25(21)20(27)18-13-17(23-28-18)15-6-3-7-16(22)12-15/h3,6-7,12-13,19H,4-5,8-11H2,1-2H3/t19-,21+/m1/s1. The molecule has 2 aromatic rings. The third kappa shape index (κ3) is 3.08. The molecule has 1 aromatic heterocycles. The van der Waals surface area contributed by atoms with Crippen LogP contribution in [0.1, 0.15) is 50.1 Å². The fraction of sp³-hybridized carbons (Fsp3) is 0.476. The summed E-state index contributed by atoms with van der Waals surface area (Å²) in [6, 6.07) is 7.61. The van der Waals surface area contributed by atoms with Gasteiger partial charge in [0.05, 0.1) is 11.6 Å². The molecular weight excluding hydrogens is 361 g/mol. The minimum atomic E-state index is -0.426. The van der Waals surface area contributed by atoms with Gasteiger partial charge in [0, 0.05) is 31.6 Å². The minimum absolute atomic E-state index is 0.0158. The number of benzene rings is 1. The smallest absolute Gasteiger partial charge is 0.293 e. The molecule has 0 spiro atoms. The number of hydrogen-bond donors (Lipinski definition) is 0.